The highest BCUT2D eigenvalue weighted by molar-refractivity contribution is 6.04. The average molecular weight is 319 g/mol. The Morgan fingerprint density at radius 1 is 1.26 bits per heavy atom. The number of aromatic nitrogens is 2. The summed E-state index contributed by atoms with van der Waals surface area (Å²) in [6, 6.07) is 5.24. The van der Waals surface area contributed by atoms with Crippen molar-refractivity contribution >= 4 is 17.6 Å². The van der Waals surface area contributed by atoms with Crippen LogP contribution in [0.15, 0.2) is 24.3 Å². The number of hydrogen-bond acceptors (Lipinski definition) is 4. The van der Waals surface area contributed by atoms with Crippen LogP contribution in [0.2, 0.25) is 0 Å². The van der Waals surface area contributed by atoms with Crippen molar-refractivity contribution in [3.8, 4) is 0 Å². The Bertz CT molecular complexity index is 723. The Morgan fingerprint density at radius 2 is 1.91 bits per heavy atom. The zero-order valence-corrected chi connectivity index (χ0v) is 13.2. The lowest BCUT2D eigenvalue weighted by Gasteiger charge is -2.07. The summed E-state index contributed by atoms with van der Waals surface area (Å²) in [5.74, 6) is -1.17. The summed E-state index contributed by atoms with van der Waals surface area (Å²) in [5.41, 5.74) is 2.10. The molecule has 122 valence electrons. The molecule has 1 aromatic carbocycles. The average Bonchev–Trinajstić information content (AvgIpc) is 2.75. The second-order valence-electron chi connectivity index (χ2n) is 4.97. The fourth-order valence-corrected chi connectivity index (χ4v) is 2.15. The summed E-state index contributed by atoms with van der Waals surface area (Å²) in [7, 11) is 0. The van der Waals surface area contributed by atoms with Crippen molar-refractivity contribution in [2.45, 2.75) is 27.3 Å². The van der Waals surface area contributed by atoms with E-state index in [1.807, 2.05) is 0 Å². The van der Waals surface area contributed by atoms with Crippen molar-refractivity contribution < 1.29 is 18.7 Å². The number of amides is 1. The first-order valence-corrected chi connectivity index (χ1v) is 7.19. The fraction of sp³-hybridized carbons (Fsp3) is 0.312. The Morgan fingerprint density at radius 3 is 2.52 bits per heavy atom. The lowest BCUT2D eigenvalue weighted by Crippen LogP contribution is -2.16. The van der Waals surface area contributed by atoms with Crippen LogP contribution in [-0.2, 0) is 16.1 Å². The molecule has 23 heavy (non-hydrogen) atoms. The maximum absolute atomic E-state index is 12.9. The minimum atomic E-state index is -0.406. The highest BCUT2D eigenvalue weighted by atomic mass is 19.1. The number of carbonyl (C=O) groups excluding carboxylic acids is 2. The van der Waals surface area contributed by atoms with Crippen LogP contribution >= 0.6 is 0 Å². The molecule has 0 spiro atoms. The predicted molar refractivity (Wildman–Crippen MR) is 82.7 cm³/mol. The lowest BCUT2D eigenvalue weighted by atomic mass is 10.2. The van der Waals surface area contributed by atoms with E-state index in [0.717, 1.165) is 0 Å². The van der Waals surface area contributed by atoms with Crippen LogP contribution in [0.3, 0.4) is 0 Å². The summed E-state index contributed by atoms with van der Waals surface area (Å²) >= 11 is 0. The van der Waals surface area contributed by atoms with E-state index < -0.39 is 11.8 Å². The molecule has 0 bridgehead atoms. The molecule has 2 aromatic rings. The van der Waals surface area contributed by atoms with Gasteiger partial charge in [0.05, 0.1) is 23.7 Å². The van der Waals surface area contributed by atoms with Gasteiger partial charge in [0, 0.05) is 5.56 Å². The number of carbonyl (C=O) groups is 2. The third-order valence-corrected chi connectivity index (χ3v) is 3.31. The lowest BCUT2D eigenvalue weighted by molar-refractivity contribution is -0.144. The van der Waals surface area contributed by atoms with Gasteiger partial charge in [0.15, 0.2) is 0 Å². The molecule has 1 amide bonds. The van der Waals surface area contributed by atoms with Crippen molar-refractivity contribution in [2.24, 2.45) is 0 Å². The van der Waals surface area contributed by atoms with E-state index in [1.165, 1.54) is 28.9 Å². The molecule has 0 saturated heterocycles. The second-order valence-corrected chi connectivity index (χ2v) is 4.97. The Kier molecular flexibility index (Phi) is 5.10. The van der Waals surface area contributed by atoms with Crippen LogP contribution in [0, 0.1) is 19.7 Å². The third-order valence-electron chi connectivity index (χ3n) is 3.31. The molecular formula is C16H18FN3O3. The number of nitrogens with zero attached hydrogens (tertiary/aromatic N) is 2. The van der Waals surface area contributed by atoms with Gasteiger partial charge in [-0.3, -0.25) is 14.3 Å². The normalized spacial score (nSPS) is 10.4. The minimum absolute atomic E-state index is 0.0209. The number of nitrogens with one attached hydrogen (secondary N) is 1. The molecule has 0 saturated carbocycles. The van der Waals surface area contributed by atoms with Gasteiger partial charge >= 0.3 is 5.97 Å². The smallest absolute Gasteiger partial charge is 0.327 e. The highest BCUT2D eigenvalue weighted by Gasteiger charge is 2.17. The first kappa shape index (κ1) is 16.7. The van der Waals surface area contributed by atoms with E-state index in [1.54, 1.807) is 20.8 Å². The molecular weight excluding hydrogens is 301 g/mol. The maximum atomic E-state index is 12.9. The van der Waals surface area contributed by atoms with Gasteiger partial charge in [0.25, 0.3) is 5.91 Å². The minimum Gasteiger partial charge on any atom is -0.465 e. The van der Waals surface area contributed by atoms with Crippen LogP contribution in [0.4, 0.5) is 10.1 Å². The summed E-state index contributed by atoms with van der Waals surface area (Å²) in [4.78, 5) is 23.8. The first-order valence-electron chi connectivity index (χ1n) is 7.19. The number of rotatable bonds is 5. The van der Waals surface area contributed by atoms with E-state index in [0.29, 0.717) is 29.2 Å². The molecule has 0 aliphatic carbocycles. The number of anilines is 1. The molecule has 6 nitrogen and oxygen atoms in total. The van der Waals surface area contributed by atoms with E-state index >= 15 is 0 Å². The molecule has 0 atom stereocenters. The van der Waals surface area contributed by atoms with E-state index in [4.69, 9.17) is 4.74 Å². The predicted octanol–water partition coefficient (Wildman–Crippen LogP) is 2.45. The molecule has 0 unspecified atom stereocenters. The molecule has 0 radical (unpaired) electrons. The number of ether oxygens (including phenoxy) is 1. The van der Waals surface area contributed by atoms with Gasteiger partial charge in [-0.1, -0.05) is 0 Å². The van der Waals surface area contributed by atoms with E-state index in [-0.39, 0.29) is 12.5 Å². The Labute approximate surface area is 133 Å². The molecule has 2 rings (SSSR count). The highest BCUT2D eigenvalue weighted by Crippen LogP contribution is 2.20. The summed E-state index contributed by atoms with van der Waals surface area (Å²) in [6.45, 7) is 5.49. The Balaban J connectivity index is 2.17. The molecule has 1 N–H and O–H groups in total. The number of aryl methyl sites for hydroxylation is 1. The van der Waals surface area contributed by atoms with Crippen LogP contribution in [0.1, 0.15) is 28.7 Å². The number of halogens is 1. The fourth-order valence-electron chi connectivity index (χ4n) is 2.15. The third kappa shape index (κ3) is 3.94. The van der Waals surface area contributed by atoms with Crippen LogP contribution < -0.4 is 5.32 Å². The van der Waals surface area contributed by atoms with Gasteiger partial charge in [-0.05, 0) is 45.0 Å². The van der Waals surface area contributed by atoms with E-state index in [9.17, 15) is 14.0 Å². The van der Waals surface area contributed by atoms with Gasteiger partial charge in [-0.2, -0.15) is 5.10 Å². The van der Waals surface area contributed by atoms with Crippen molar-refractivity contribution in [1.29, 1.82) is 0 Å². The first-order chi connectivity index (χ1) is 10.9. The van der Waals surface area contributed by atoms with Crippen LogP contribution in [-0.4, -0.2) is 28.3 Å². The zero-order valence-electron chi connectivity index (χ0n) is 13.2. The number of hydrogen-bond donors (Lipinski definition) is 1. The molecule has 7 heteroatoms. The maximum Gasteiger partial charge on any atom is 0.327 e. The number of benzene rings is 1. The second kappa shape index (κ2) is 7.04. The SMILES string of the molecule is CCOC(=O)Cn1nc(C)c(NC(=O)c2ccc(F)cc2)c1C. The van der Waals surface area contributed by atoms with Crippen molar-refractivity contribution in [2.75, 3.05) is 11.9 Å². The van der Waals surface area contributed by atoms with Crippen molar-refractivity contribution in [1.82, 2.24) is 9.78 Å². The Hall–Kier alpha value is -2.70. The standard InChI is InChI=1S/C16H18FN3O3/c1-4-23-14(21)9-20-11(3)15(10(2)19-20)18-16(22)12-5-7-13(17)8-6-12/h5-8H,4,9H2,1-3H3,(H,18,22). The monoisotopic (exact) mass is 319 g/mol. The van der Waals surface area contributed by atoms with E-state index in [2.05, 4.69) is 10.4 Å². The van der Waals surface area contributed by atoms with Gasteiger partial charge in [0.2, 0.25) is 0 Å². The van der Waals surface area contributed by atoms with Gasteiger partial charge in [0.1, 0.15) is 12.4 Å². The number of esters is 1. The summed E-state index contributed by atoms with van der Waals surface area (Å²) in [5, 5.41) is 6.98. The molecule has 1 heterocycles. The van der Waals surface area contributed by atoms with Gasteiger partial charge in [-0.15, -0.1) is 0 Å². The van der Waals surface area contributed by atoms with Crippen molar-refractivity contribution in [3.05, 3.63) is 47.0 Å². The molecule has 0 fully saturated rings. The largest absolute Gasteiger partial charge is 0.465 e. The van der Waals surface area contributed by atoms with Crippen molar-refractivity contribution in [3.63, 3.8) is 0 Å². The summed E-state index contributed by atoms with van der Waals surface area (Å²) in [6.07, 6.45) is 0. The molecule has 1 aromatic heterocycles. The van der Waals surface area contributed by atoms with Crippen LogP contribution in [0.5, 0.6) is 0 Å². The summed E-state index contributed by atoms with van der Waals surface area (Å²) < 4.78 is 19.3. The molecule has 0 aliphatic heterocycles. The van der Waals surface area contributed by atoms with Gasteiger partial charge in [-0.25, -0.2) is 4.39 Å². The van der Waals surface area contributed by atoms with Gasteiger partial charge < -0.3 is 10.1 Å². The zero-order chi connectivity index (χ0) is 17.0. The topological polar surface area (TPSA) is 73.2 Å². The van der Waals surface area contributed by atoms with Crippen LogP contribution in [0.25, 0.3) is 0 Å². The molecule has 0 aliphatic rings. The quantitative estimate of drug-likeness (QED) is 0.859.